The van der Waals surface area contributed by atoms with Crippen LogP contribution in [0, 0.1) is 46.2 Å². The summed E-state index contributed by atoms with van der Waals surface area (Å²) >= 11 is 0. The lowest BCUT2D eigenvalue weighted by Gasteiger charge is -2.28. The fourth-order valence-electron chi connectivity index (χ4n) is 4.77. The maximum atomic E-state index is 9.87. The second-order valence-corrected chi connectivity index (χ2v) is 14.0. The lowest BCUT2D eigenvalue weighted by molar-refractivity contribution is 0.557. The average Bonchev–Trinajstić information content (AvgIpc) is 2.77. The van der Waals surface area contributed by atoms with E-state index in [4.69, 9.17) is 13.1 Å². The fourth-order valence-corrected chi connectivity index (χ4v) is 4.77. The summed E-state index contributed by atoms with van der Waals surface area (Å²) in [6.45, 7) is 40.7. The molecular formula is C34H40N4. The molecule has 0 unspecified atom stereocenters. The lowest BCUT2D eigenvalue weighted by atomic mass is 9.76. The minimum atomic E-state index is -0.320. The third kappa shape index (κ3) is 5.99. The lowest BCUT2D eigenvalue weighted by Crippen LogP contribution is -2.33. The van der Waals surface area contributed by atoms with E-state index < -0.39 is 0 Å². The van der Waals surface area contributed by atoms with E-state index in [2.05, 4.69) is 129 Å². The Bertz CT molecular complexity index is 1420. The molecule has 0 amide bonds. The van der Waals surface area contributed by atoms with Crippen LogP contribution in [0.1, 0.15) is 105 Å². The van der Waals surface area contributed by atoms with Gasteiger partial charge >= 0.3 is 5.82 Å². The molecule has 0 fully saturated rings. The van der Waals surface area contributed by atoms with Gasteiger partial charge in [-0.25, -0.2) is 0 Å². The molecule has 0 aromatic heterocycles. The maximum Gasteiger partial charge on any atom is 0.527 e. The first-order valence-electron chi connectivity index (χ1n) is 12.9. The zero-order valence-electron chi connectivity index (χ0n) is 25.1. The molecule has 2 aromatic carbocycles. The smallest absolute Gasteiger partial charge is 0.192 e. The quantitative estimate of drug-likeness (QED) is 0.354. The van der Waals surface area contributed by atoms with Crippen LogP contribution in [0.15, 0.2) is 24.3 Å². The van der Waals surface area contributed by atoms with Crippen LogP contribution in [0.4, 0.5) is 0 Å². The van der Waals surface area contributed by atoms with Crippen LogP contribution in [0.3, 0.4) is 0 Å². The van der Waals surface area contributed by atoms with Crippen molar-refractivity contribution in [3.63, 3.8) is 0 Å². The predicted molar refractivity (Wildman–Crippen MR) is 156 cm³/mol. The molecule has 0 heterocycles. The van der Waals surface area contributed by atoms with Gasteiger partial charge in [0.25, 0.3) is 0 Å². The Labute approximate surface area is 228 Å². The van der Waals surface area contributed by atoms with Gasteiger partial charge in [0.2, 0.25) is 0 Å². The van der Waals surface area contributed by atoms with Crippen molar-refractivity contribution in [1.29, 1.82) is 10.5 Å². The second-order valence-electron chi connectivity index (χ2n) is 14.0. The molecule has 0 N–H and O–H groups in total. The predicted octanol–water partition coefficient (Wildman–Crippen LogP) is 7.27. The van der Waals surface area contributed by atoms with Crippen molar-refractivity contribution in [3.05, 3.63) is 90.2 Å². The van der Waals surface area contributed by atoms with Crippen molar-refractivity contribution in [2.45, 2.75) is 105 Å². The van der Waals surface area contributed by atoms with E-state index in [9.17, 15) is 10.5 Å². The van der Waals surface area contributed by atoms with Crippen LogP contribution >= 0.6 is 0 Å². The Balaban J connectivity index is 3.61. The van der Waals surface area contributed by atoms with E-state index in [1.807, 2.05) is 0 Å². The van der Waals surface area contributed by atoms with E-state index >= 15 is 0 Å². The van der Waals surface area contributed by atoms with E-state index in [1.165, 1.54) is 0 Å². The monoisotopic (exact) mass is 504 g/mol. The Morgan fingerprint density at radius 3 is 1.03 bits per heavy atom. The third-order valence-electron chi connectivity index (χ3n) is 6.75. The highest BCUT2D eigenvalue weighted by Gasteiger charge is 2.28. The Kier molecular flexibility index (Phi) is 8.09. The zero-order chi connectivity index (χ0) is 29.4. The van der Waals surface area contributed by atoms with Gasteiger partial charge in [-0.1, -0.05) is 95.2 Å². The SMILES string of the molecule is [C-]#[N+]C([N+]#[C-])=c1c(C(C)(C)C)cc(=c2cc(C(C)(C)C)c(=C(C#N)C#N)c(C(C)(C)C)c2)cc1C(C)(C)C. The number of nitriles is 2. The highest BCUT2D eigenvalue weighted by atomic mass is 14.9. The highest BCUT2D eigenvalue weighted by Crippen LogP contribution is 2.29. The second kappa shape index (κ2) is 10.1. The van der Waals surface area contributed by atoms with Crippen molar-refractivity contribution >= 4 is 11.4 Å². The summed E-state index contributed by atoms with van der Waals surface area (Å²) in [4.78, 5) is 7.24. The average molecular weight is 505 g/mol. The largest absolute Gasteiger partial charge is 0.527 e. The Morgan fingerprint density at radius 2 is 0.816 bits per heavy atom. The highest BCUT2D eigenvalue weighted by molar-refractivity contribution is 5.74. The molecule has 2 aromatic rings. The molecule has 0 aliphatic heterocycles. The number of rotatable bonds is 0. The van der Waals surface area contributed by atoms with E-state index in [0.29, 0.717) is 0 Å². The first-order valence-corrected chi connectivity index (χ1v) is 12.9. The van der Waals surface area contributed by atoms with Gasteiger partial charge in [-0.15, -0.1) is 0 Å². The van der Waals surface area contributed by atoms with Crippen molar-refractivity contribution in [2.24, 2.45) is 0 Å². The van der Waals surface area contributed by atoms with Crippen LogP contribution < -0.4 is 10.4 Å². The summed E-state index contributed by atoms with van der Waals surface area (Å²) in [6, 6.07) is 12.7. The van der Waals surface area contributed by atoms with E-state index in [-0.39, 0.29) is 33.1 Å². The van der Waals surface area contributed by atoms with Gasteiger partial charge in [-0.3, -0.25) is 0 Å². The number of hydrogen-bond donors (Lipinski definition) is 0. The third-order valence-corrected chi connectivity index (χ3v) is 6.75. The van der Waals surface area contributed by atoms with Gasteiger partial charge in [-0.05, 0) is 66.5 Å². The fraction of sp³-hybridized carbons (Fsp3) is 0.471. The van der Waals surface area contributed by atoms with E-state index in [0.717, 1.165) is 43.1 Å². The first kappa shape index (κ1) is 30.4. The van der Waals surface area contributed by atoms with Gasteiger partial charge in [0.1, 0.15) is 30.9 Å². The minimum Gasteiger partial charge on any atom is -0.192 e. The molecule has 4 nitrogen and oxygen atoms in total. The van der Waals surface area contributed by atoms with Crippen molar-refractivity contribution < 1.29 is 0 Å². The van der Waals surface area contributed by atoms with Crippen LogP contribution in [-0.2, 0) is 21.7 Å². The Hall–Kier alpha value is -3.86. The van der Waals surface area contributed by atoms with Crippen LogP contribution in [0.5, 0.6) is 0 Å². The van der Waals surface area contributed by atoms with Crippen molar-refractivity contribution in [1.82, 2.24) is 0 Å². The molecule has 4 heteroatoms. The molecule has 196 valence electrons. The number of benzene rings is 2. The molecule has 2 rings (SSSR count). The van der Waals surface area contributed by atoms with Gasteiger partial charge in [-0.2, -0.15) is 20.2 Å². The molecule has 0 spiro atoms. The van der Waals surface area contributed by atoms with Crippen LogP contribution in [-0.4, -0.2) is 0 Å². The van der Waals surface area contributed by atoms with Gasteiger partial charge in [0.15, 0.2) is 0 Å². The molecule has 0 saturated heterocycles. The summed E-state index contributed by atoms with van der Waals surface area (Å²) in [7, 11) is 0. The topological polar surface area (TPSA) is 56.3 Å². The van der Waals surface area contributed by atoms with Crippen LogP contribution in [0.25, 0.3) is 21.1 Å². The van der Waals surface area contributed by atoms with Gasteiger partial charge in [0, 0.05) is 5.22 Å². The summed E-state index contributed by atoms with van der Waals surface area (Å²) in [6.07, 6.45) is 0. The molecular weight excluding hydrogens is 464 g/mol. The van der Waals surface area contributed by atoms with Gasteiger partial charge < -0.3 is 0 Å². The molecule has 38 heavy (non-hydrogen) atoms. The molecule has 0 atom stereocenters. The number of hydrogen-bond acceptors (Lipinski definition) is 2. The summed E-state index contributed by atoms with van der Waals surface area (Å²) in [5.74, 6) is 0.0924. The van der Waals surface area contributed by atoms with Crippen LogP contribution in [0.2, 0.25) is 0 Å². The molecule has 0 aliphatic carbocycles. The normalized spacial score (nSPS) is 12.1. The first-order chi connectivity index (χ1) is 17.2. The summed E-state index contributed by atoms with van der Waals surface area (Å²) in [5.41, 5.74) is 2.68. The summed E-state index contributed by atoms with van der Waals surface area (Å²) in [5, 5.41) is 23.2. The molecule has 0 radical (unpaired) electrons. The molecule has 0 aliphatic rings. The molecule has 0 saturated carbocycles. The zero-order valence-corrected chi connectivity index (χ0v) is 25.1. The standard InChI is InChI=1S/C34H40N4/c1-31(2,3)24-15-21(16-25(32(4,5)6)28(24)23(19-35)20-36)22-17-26(33(7,8)9)29(30(37-13)38-14)27(18-22)34(10,11)12/h15-18H,1-12H3. The summed E-state index contributed by atoms with van der Waals surface area (Å²) < 4.78 is 0. The maximum absolute atomic E-state index is 9.87. The van der Waals surface area contributed by atoms with Crippen molar-refractivity contribution in [2.75, 3.05) is 0 Å². The minimum absolute atomic E-state index is 0.0924. The van der Waals surface area contributed by atoms with Gasteiger partial charge in [0.05, 0.1) is 5.22 Å². The number of nitrogens with zero attached hydrogens (tertiary/aromatic N) is 4. The Morgan fingerprint density at radius 1 is 0.553 bits per heavy atom. The van der Waals surface area contributed by atoms with E-state index in [1.54, 1.807) is 0 Å². The molecule has 0 bridgehead atoms. The van der Waals surface area contributed by atoms with Crippen molar-refractivity contribution in [3.8, 4) is 12.1 Å².